The quantitative estimate of drug-likeness (QED) is 0.511. The van der Waals surface area contributed by atoms with Crippen molar-refractivity contribution in [2.45, 2.75) is 38.2 Å². The van der Waals surface area contributed by atoms with Crippen LogP contribution in [-0.2, 0) is 19.1 Å². The fourth-order valence-electron chi connectivity index (χ4n) is 1.97. The molecule has 1 rings (SSSR count). The molecular weight excluding hydrogens is 196 g/mol. The summed E-state index contributed by atoms with van der Waals surface area (Å²) in [5, 5.41) is 0. The van der Waals surface area contributed by atoms with Crippen LogP contribution in [-0.4, -0.2) is 31.6 Å². The van der Waals surface area contributed by atoms with Gasteiger partial charge in [0, 0.05) is 7.11 Å². The number of Topliss-reactive ketones (excluding diaryl/α,β-unsaturated/α-hetero) is 1. The number of hydrogen-bond acceptors (Lipinski definition) is 4. The number of ketones is 1. The Labute approximate surface area is 89.9 Å². The van der Waals surface area contributed by atoms with E-state index in [-0.39, 0.29) is 5.78 Å². The first-order valence-electron chi connectivity index (χ1n) is 5.28. The van der Waals surface area contributed by atoms with E-state index in [0.717, 1.165) is 19.3 Å². The third-order valence-electron chi connectivity index (χ3n) is 3.21. The van der Waals surface area contributed by atoms with Crippen molar-refractivity contribution in [3.8, 4) is 0 Å². The number of rotatable bonds is 5. The lowest BCUT2D eigenvalue weighted by atomic mass is 9.72. The Morgan fingerprint density at radius 2 is 1.93 bits per heavy atom. The fraction of sp³-hybridized carbons (Fsp3) is 0.818. The first kappa shape index (κ1) is 12.2. The Hall–Kier alpha value is -0.900. The topological polar surface area (TPSA) is 52.6 Å². The maximum Gasteiger partial charge on any atom is 0.316 e. The number of ether oxygens (including phenoxy) is 2. The van der Waals surface area contributed by atoms with Crippen molar-refractivity contribution in [2.75, 3.05) is 14.2 Å². The van der Waals surface area contributed by atoms with Gasteiger partial charge in [-0.2, -0.15) is 0 Å². The van der Waals surface area contributed by atoms with E-state index in [0.29, 0.717) is 6.42 Å². The van der Waals surface area contributed by atoms with Crippen molar-refractivity contribution in [1.29, 1.82) is 0 Å². The van der Waals surface area contributed by atoms with Gasteiger partial charge in [0.25, 0.3) is 0 Å². The van der Waals surface area contributed by atoms with Crippen LogP contribution in [0.25, 0.3) is 0 Å². The molecule has 0 heterocycles. The molecule has 0 radical (unpaired) electrons. The molecule has 0 N–H and O–H groups in total. The van der Waals surface area contributed by atoms with Gasteiger partial charge in [-0.05, 0) is 25.7 Å². The third kappa shape index (κ3) is 2.04. The largest absolute Gasteiger partial charge is 0.468 e. The van der Waals surface area contributed by atoms with Gasteiger partial charge in [0.15, 0.2) is 5.78 Å². The Morgan fingerprint density at radius 1 is 1.33 bits per heavy atom. The average molecular weight is 214 g/mol. The molecule has 0 aliphatic heterocycles. The van der Waals surface area contributed by atoms with Crippen molar-refractivity contribution < 1.29 is 19.1 Å². The van der Waals surface area contributed by atoms with Gasteiger partial charge in [0.1, 0.15) is 11.5 Å². The minimum Gasteiger partial charge on any atom is -0.468 e. The second-order valence-corrected chi connectivity index (χ2v) is 3.90. The van der Waals surface area contributed by atoms with Crippen LogP contribution < -0.4 is 0 Å². The molecule has 86 valence electrons. The third-order valence-corrected chi connectivity index (χ3v) is 3.21. The molecule has 4 nitrogen and oxygen atoms in total. The highest BCUT2D eigenvalue weighted by molar-refractivity contribution is 6.03. The summed E-state index contributed by atoms with van der Waals surface area (Å²) in [7, 11) is 2.83. The summed E-state index contributed by atoms with van der Waals surface area (Å²) in [6, 6.07) is 0. The van der Waals surface area contributed by atoms with Gasteiger partial charge in [0.05, 0.1) is 7.11 Å². The van der Waals surface area contributed by atoms with Crippen molar-refractivity contribution in [3.05, 3.63) is 0 Å². The van der Waals surface area contributed by atoms with E-state index in [2.05, 4.69) is 4.74 Å². The minimum absolute atomic E-state index is 0.120. The summed E-state index contributed by atoms with van der Waals surface area (Å²) in [6.45, 7) is 1.81. The molecule has 0 bridgehead atoms. The van der Waals surface area contributed by atoms with E-state index in [1.165, 1.54) is 14.2 Å². The molecule has 4 heteroatoms. The first-order valence-corrected chi connectivity index (χ1v) is 5.28. The van der Waals surface area contributed by atoms with Gasteiger partial charge in [-0.15, -0.1) is 0 Å². The summed E-state index contributed by atoms with van der Waals surface area (Å²) in [5.74, 6) is -1.24. The molecule has 0 saturated heterocycles. The summed E-state index contributed by atoms with van der Waals surface area (Å²) in [5.41, 5.74) is -0.713. The van der Waals surface area contributed by atoms with Crippen molar-refractivity contribution in [3.63, 3.8) is 0 Å². The second-order valence-electron chi connectivity index (χ2n) is 3.90. The van der Waals surface area contributed by atoms with Crippen LogP contribution in [0.3, 0.4) is 0 Å². The van der Waals surface area contributed by atoms with E-state index in [1.807, 2.05) is 6.92 Å². The number of carbonyl (C=O) groups excluding carboxylic acids is 2. The van der Waals surface area contributed by atoms with Crippen LogP contribution in [0.2, 0.25) is 0 Å². The van der Waals surface area contributed by atoms with E-state index in [1.54, 1.807) is 0 Å². The number of methoxy groups -OCH3 is 2. The van der Waals surface area contributed by atoms with E-state index in [9.17, 15) is 9.59 Å². The van der Waals surface area contributed by atoms with Crippen LogP contribution in [0.15, 0.2) is 0 Å². The molecule has 0 amide bonds. The summed E-state index contributed by atoms with van der Waals surface area (Å²) >= 11 is 0. The van der Waals surface area contributed by atoms with E-state index >= 15 is 0 Å². The Kier molecular flexibility index (Phi) is 3.85. The smallest absolute Gasteiger partial charge is 0.316 e. The number of carbonyl (C=O) groups is 2. The maximum atomic E-state index is 12.1. The Morgan fingerprint density at radius 3 is 2.20 bits per heavy atom. The maximum absolute atomic E-state index is 12.1. The molecule has 1 aliphatic carbocycles. The Bertz CT molecular complexity index is 250. The molecule has 1 aliphatic rings. The molecular formula is C11H18O4. The summed E-state index contributed by atoms with van der Waals surface area (Å²) in [4.78, 5) is 23.5. The SMILES string of the molecule is CCC(C(=O)OC)C(=O)C1(OC)CCC1. The Balaban J connectivity index is 2.76. The standard InChI is InChI=1S/C11H18O4/c1-4-8(10(13)14-2)9(12)11(15-3)6-5-7-11/h8H,4-7H2,1-3H3. The molecule has 1 unspecified atom stereocenters. The van der Waals surface area contributed by atoms with Crippen LogP contribution in [0.5, 0.6) is 0 Å². The summed E-state index contributed by atoms with van der Waals surface area (Å²) in [6.07, 6.45) is 2.89. The van der Waals surface area contributed by atoms with Gasteiger partial charge in [-0.1, -0.05) is 6.92 Å². The van der Waals surface area contributed by atoms with Crippen molar-refractivity contribution in [2.24, 2.45) is 5.92 Å². The first-order chi connectivity index (χ1) is 7.11. The molecule has 1 saturated carbocycles. The second kappa shape index (κ2) is 4.75. The van der Waals surface area contributed by atoms with Crippen LogP contribution in [0, 0.1) is 5.92 Å². The number of hydrogen-bond donors (Lipinski definition) is 0. The van der Waals surface area contributed by atoms with Crippen LogP contribution in [0.1, 0.15) is 32.6 Å². The molecule has 1 fully saturated rings. The zero-order valence-electron chi connectivity index (χ0n) is 9.54. The highest BCUT2D eigenvalue weighted by Gasteiger charge is 2.48. The zero-order chi connectivity index (χ0) is 11.5. The average Bonchev–Trinajstić information content (AvgIpc) is 2.18. The van der Waals surface area contributed by atoms with Crippen molar-refractivity contribution in [1.82, 2.24) is 0 Å². The normalized spacial score (nSPS) is 20.2. The molecule has 0 aromatic carbocycles. The lowest BCUT2D eigenvalue weighted by Gasteiger charge is -2.40. The fourth-order valence-corrected chi connectivity index (χ4v) is 1.97. The van der Waals surface area contributed by atoms with E-state index in [4.69, 9.17) is 4.74 Å². The van der Waals surface area contributed by atoms with Gasteiger partial charge in [0.2, 0.25) is 0 Å². The predicted octanol–water partition coefficient (Wildman–Crippen LogP) is 1.32. The van der Waals surface area contributed by atoms with Crippen LogP contribution >= 0.6 is 0 Å². The summed E-state index contributed by atoms with van der Waals surface area (Å²) < 4.78 is 9.87. The minimum atomic E-state index is -0.713. The van der Waals surface area contributed by atoms with Gasteiger partial charge in [-0.25, -0.2) is 0 Å². The molecule has 1 atom stereocenters. The zero-order valence-corrected chi connectivity index (χ0v) is 9.54. The lowest BCUT2D eigenvalue weighted by molar-refractivity contribution is -0.165. The number of esters is 1. The lowest BCUT2D eigenvalue weighted by Crippen LogP contribution is -2.51. The van der Waals surface area contributed by atoms with Crippen molar-refractivity contribution >= 4 is 11.8 Å². The highest BCUT2D eigenvalue weighted by Crippen LogP contribution is 2.38. The molecule has 15 heavy (non-hydrogen) atoms. The van der Waals surface area contributed by atoms with Crippen LogP contribution in [0.4, 0.5) is 0 Å². The van der Waals surface area contributed by atoms with Gasteiger partial charge >= 0.3 is 5.97 Å². The molecule has 0 spiro atoms. The molecule has 0 aromatic heterocycles. The monoisotopic (exact) mass is 214 g/mol. The highest BCUT2D eigenvalue weighted by atomic mass is 16.5. The molecule has 0 aromatic rings. The van der Waals surface area contributed by atoms with Gasteiger partial charge in [-0.3, -0.25) is 9.59 Å². The van der Waals surface area contributed by atoms with Gasteiger partial charge < -0.3 is 9.47 Å². The predicted molar refractivity (Wildman–Crippen MR) is 54.4 cm³/mol. The van der Waals surface area contributed by atoms with E-state index < -0.39 is 17.5 Å².